The molecule has 74 valence electrons. The highest BCUT2D eigenvalue weighted by molar-refractivity contribution is 5.82. The summed E-state index contributed by atoms with van der Waals surface area (Å²) >= 11 is 0. The molecule has 2 heteroatoms. The van der Waals surface area contributed by atoms with Gasteiger partial charge in [0.25, 0.3) is 0 Å². The Morgan fingerprint density at radius 3 is 3.00 bits per heavy atom. The maximum Gasteiger partial charge on any atom is 0.139 e. The van der Waals surface area contributed by atoms with E-state index in [1.54, 1.807) is 0 Å². The molecule has 1 N–H and O–H groups in total. The van der Waals surface area contributed by atoms with Crippen molar-refractivity contribution in [2.45, 2.75) is 38.7 Å². The van der Waals surface area contributed by atoms with Gasteiger partial charge in [0.1, 0.15) is 5.78 Å². The summed E-state index contributed by atoms with van der Waals surface area (Å²) in [6.45, 7) is 5.61. The molecular formula is C11H18O2. The monoisotopic (exact) mass is 182 g/mol. The van der Waals surface area contributed by atoms with E-state index in [-0.39, 0.29) is 11.7 Å². The third kappa shape index (κ3) is 2.19. The first-order valence-electron chi connectivity index (χ1n) is 5.04. The average Bonchev–Trinajstić information content (AvgIpc) is 2.16. The van der Waals surface area contributed by atoms with Crippen molar-refractivity contribution < 1.29 is 9.90 Å². The summed E-state index contributed by atoms with van der Waals surface area (Å²) in [6.07, 6.45) is 4.50. The molecule has 0 aromatic heterocycles. The van der Waals surface area contributed by atoms with Gasteiger partial charge in [-0.3, -0.25) is 4.79 Å². The van der Waals surface area contributed by atoms with Crippen LogP contribution in [-0.2, 0) is 4.79 Å². The number of aliphatic hydroxyl groups is 1. The van der Waals surface area contributed by atoms with Crippen molar-refractivity contribution in [1.29, 1.82) is 0 Å². The predicted octanol–water partition coefficient (Wildman–Crippen LogP) is 1.93. The Balaban J connectivity index is 2.72. The Morgan fingerprint density at radius 1 is 1.77 bits per heavy atom. The lowest BCUT2D eigenvalue weighted by molar-refractivity contribution is -0.130. The molecule has 1 fully saturated rings. The number of ketones is 1. The Labute approximate surface area is 79.6 Å². The van der Waals surface area contributed by atoms with E-state index in [4.69, 9.17) is 0 Å². The van der Waals surface area contributed by atoms with E-state index >= 15 is 0 Å². The zero-order chi connectivity index (χ0) is 9.84. The highest BCUT2D eigenvalue weighted by Gasteiger charge is 2.34. The fraction of sp³-hybridized carbons (Fsp3) is 0.727. The number of rotatable bonds is 3. The topological polar surface area (TPSA) is 37.3 Å². The van der Waals surface area contributed by atoms with E-state index < -0.39 is 6.10 Å². The lowest BCUT2D eigenvalue weighted by atomic mass is 9.74. The molecule has 1 aliphatic carbocycles. The van der Waals surface area contributed by atoms with E-state index in [0.29, 0.717) is 12.3 Å². The number of Topliss-reactive ketones (excluding diaryl/α,β-unsaturated/α-hetero) is 1. The molecule has 1 saturated carbocycles. The van der Waals surface area contributed by atoms with Crippen molar-refractivity contribution in [2.24, 2.45) is 11.8 Å². The summed E-state index contributed by atoms with van der Waals surface area (Å²) in [5.74, 6) is 0.385. The molecule has 1 rings (SSSR count). The molecule has 0 bridgehead atoms. The van der Waals surface area contributed by atoms with Crippen molar-refractivity contribution in [3.8, 4) is 0 Å². The fourth-order valence-corrected chi connectivity index (χ4v) is 2.22. The van der Waals surface area contributed by atoms with Gasteiger partial charge in [-0.25, -0.2) is 0 Å². The van der Waals surface area contributed by atoms with Crippen LogP contribution in [0.2, 0.25) is 0 Å². The van der Waals surface area contributed by atoms with Crippen LogP contribution in [0.1, 0.15) is 32.6 Å². The molecule has 0 radical (unpaired) electrons. The lowest BCUT2D eigenvalue weighted by Gasteiger charge is -2.31. The maximum atomic E-state index is 11.6. The number of hydrogen-bond donors (Lipinski definition) is 1. The molecule has 0 unspecified atom stereocenters. The molecule has 0 amide bonds. The fourth-order valence-electron chi connectivity index (χ4n) is 2.22. The third-order valence-electron chi connectivity index (χ3n) is 3.01. The van der Waals surface area contributed by atoms with Gasteiger partial charge >= 0.3 is 0 Å². The smallest absolute Gasteiger partial charge is 0.139 e. The van der Waals surface area contributed by atoms with Gasteiger partial charge in [0, 0.05) is 6.42 Å². The van der Waals surface area contributed by atoms with Gasteiger partial charge in [0.15, 0.2) is 0 Å². The minimum atomic E-state index is -0.641. The molecule has 1 aliphatic rings. The predicted molar refractivity (Wildman–Crippen MR) is 52.3 cm³/mol. The van der Waals surface area contributed by atoms with Gasteiger partial charge in [0.2, 0.25) is 0 Å². The first-order valence-corrected chi connectivity index (χ1v) is 5.04. The van der Waals surface area contributed by atoms with Gasteiger partial charge in [-0.2, -0.15) is 0 Å². The summed E-state index contributed by atoms with van der Waals surface area (Å²) in [6, 6.07) is 0. The van der Waals surface area contributed by atoms with Crippen LogP contribution < -0.4 is 0 Å². The number of carbonyl (C=O) groups is 1. The van der Waals surface area contributed by atoms with E-state index in [9.17, 15) is 9.90 Å². The van der Waals surface area contributed by atoms with E-state index in [2.05, 4.69) is 13.5 Å². The summed E-state index contributed by atoms with van der Waals surface area (Å²) < 4.78 is 0. The zero-order valence-electron chi connectivity index (χ0n) is 8.20. The molecule has 2 nitrogen and oxygen atoms in total. The second-order valence-electron chi connectivity index (χ2n) is 3.78. The summed E-state index contributed by atoms with van der Waals surface area (Å²) in [4.78, 5) is 11.6. The first-order chi connectivity index (χ1) is 6.20. The van der Waals surface area contributed by atoms with Crippen LogP contribution in [0.3, 0.4) is 0 Å². The van der Waals surface area contributed by atoms with Gasteiger partial charge in [-0.15, -0.1) is 6.58 Å². The van der Waals surface area contributed by atoms with E-state index in [0.717, 1.165) is 19.3 Å². The van der Waals surface area contributed by atoms with Gasteiger partial charge in [-0.05, 0) is 18.8 Å². The van der Waals surface area contributed by atoms with Gasteiger partial charge in [0.05, 0.1) is 12.0 Å². The standard InChI is InChI=1S/C11H18O2/c1-3-8-6-5-7-10(13)11(8)9(12)4-2/h4,8-9,11-12H,2-3,5-7H2,1H3/t8-,9-,11-/m0/s1. The molecular weight excluding hydrogens is 164 g/mol. The molecule has 0 aromatic rings. The summed E-state index contributed by atoms with van der Waals surface area (Å²) in [5.41, 5.74) is 0. The van der Waals surface area contributed by atoms with Crippen LogP contribution in [0.4, 0.5) is 0 Å². The van der Waals surface area contributed by atoms with Crippen molar-refractivity contribution in [2.75, 3.05) is 0 Å². The second-order valence-corrected chi connectivity index (χ2v) is 3.78. The van der Waals surface area contributed by atoms with Crippen molar-refractivity contribution in [1.82, 2.24) is 0 Å². The maximum absolute atomic E-state index is 11.6. The van der Waals surface area contributed by atoms with Crippen molar-refractivity contribution in [3.63, 3.8) is 0 Å². The van der Waals surface area contributed by atoms with Crippen molar-refractivity contribution in [3.05, 3.63) is 12.7 Å². The minimum Gasteiger partial charge on any atom is -0.388 e. The lowest BCUT2D eigenvalue weighted by Crippen LogP contribution is -2.36. The molecule has 0 aromatic carbocycles. The number of hydrogen-bond acceptors (Lipinski definition) is 2. The van der Waals surface area contributed by atoms with E-state index in [1.807, 2.05) is 0 Å². The largest absolute Gasteiger partial charge is 0.388 e. The quantitative estimate of drug-likeness (QED) is 0.677. The molecule has 0 aliphatic heterocycles. The number of carbonyl (C=O) groups excluding carboxylic acids is 1. The van der Waals surface area contributed by atoms with Crippen molar-refractivity contribution >= 4 is 5.78 Å². The SMILES string of the molecule is C=C[C@H](O)[C@H]1C(=O)CCC[C@@H]1CC. The average molecular weight is 182 g/mol. The molecule has 3 atom stereocenters. The first kappa shape index (κ1) is 10.5. The van der Waals surface area contributed by atoms with Crippen LogP contribution in [0, 0.1) is 11.8 Å². The van der Waals surface area contributed by atoms with Crippen LogP contribution in [0.15, 0.2) is 12.7 Å². The third-order valence-corrected chi connectivity index (χ3v) is 3.01. The van der Waals surface area contributed by atoms with Crippen LogP contribution in [-0.4, -0.2) is 17.0 Å². The van der Waals surface area contributed by atoms with Crippen LogP contribution >= 0.6 is 0 Å². The number of aliphatic hydroxyl groups excluding tert-OH is 1. The van der Waals surface area contributed by atoms with Gasteiger partial charge in [-0.1, -0.05) is 19.4 Å². The highest BCUT2D eigenvalue weighted by Crippen LogP contribution is 2.32. The molecule has 0 heterocycles. The molecule has 0 spiro atoms. The second kappa shape index (κ2) is 4.56. The van der Waals surface area contributed by atoms with Gasteiger partial charge < -0.3 is 5.11 Å². The zero-order valence-corrected chi connectivity index (χ0v) is 8.20. The Hall–Kier alpha value is -0.630. The van der Waals surface area contributed by atoms with Crippen LogP contribution in [0.5, 0.6) is 0 Å². The normalized spacial score (nSPS) is 31.4. The molecule has 0 saturated heterocycles. The summed E-state index contributed by atoms with van der Waals surface area (Å²) in [5, 5.41) is 9.62. The summed E-state index contributed by atoms with van der Waals surface area (Å²) in [7, 11) is 0. The Morgan fingerprint density at radius 2 is 2.46 bits per heavy atom. The van der Waals surface area contributed by atoms with E-state index in [1.165, 1.54) is 6.08 Å². The Kier molecular flexibility index (Phi) is 3.67. The Bertz CT molecular complexity index is 198. The minimum absolute atomic E-state index is 0.184. The molecule has 13 heavy (non-hydrogen) atoms. The highest BCUT2D eigenvalue weighted by atomic mass is 16.3. The van der Waals surface area contributed by atoms with Crippen LogP contribution in [0.25, 0.3) is 0 Å².